The van der Waals surface area contributed by atoms with E-state index in [9.17, 15) is 4.79 Å². The van der Waals surface area contributed by atoms with Gasteiger partial charge in [0.2, 0.25) is 0 Å². The average molecular weight is 219 g/mol. The minimum absolute atomic E-state index is 0.690. The third kappa shape index (κ3) is 1.48. The summed E-state index contributed by atoms with van der Waals surface area (Å²) in [5.74, 6) is 0. The van der Waals surface area contributed by atoms with Crippen molar-refractivity contribution in [3.63, 3.8) is 0 Å². The number of nitriles is 1. The number of nitrogens with zero attached hydrogens (tertiary/aromatic N) is 1. The van der Waals surface area contributed by atoms with Crippen LogP contribution in [0.2, 0.25) is 0 Å². The molecule has 2 nitrogen and oxygen atoms in total. The second-order valence-corrected chi connectivity index (χ2v) is 4.63. The molecule has 0 N–H and O–H groups in total. The number of carbonyl (C=O) groups is 1. The first-order valence-corrected chi connectivity index (χ1v) is 5.57. The summed E-state index contributed by atoms with van der Waals surface area (Å²) in [4.78, 5) is 12.9. The maximum Gasteiger partial charge on any atom is 0.160 e. The Hall–Kier alpha value is -1.44. The number of aldehydes is 1. The van der Waals surface area contributed by atoms with Gasteiger partial charge in [-0.3, -0.25) is 4.79 Å². The van der Waals surface area contributed by atoms with Gasteiger partial charge in [-0.1, -0.05) is 0 Å². The van der Waals surface area contributed by atoms with Crippen LogP contribution in [0, 0.1) is 11.3 Å². The van der Waals surface area contributed by atoms with Gasteiger partial charge < -0.3 is 0 Å². The van der Waals surface area contributed by atoms with E-state index in [0.29, 0.717) is 9.75 Å². The highest BCUT2D eigenvalue weighted by molar-refractivity contribution is 7.17. The summed E-state index contributed by atoms with van der Waals surface area (Å²) >= 11 is 2.83. The first kappa shape index (κ1) is 9.13. The summed E-state index contributed by atoms with van der Waals surface area (Å²) in [5, 5.41) is 10.7. The summed E-state index contributed by atoms with van der Waals surface area (Å²) in [6.45, 7) is 0. The van der Waals surface area contributed by atoms with Crippen LogP contribution < -0.4 is 0 Å². The SMILES string of the molecule is N#Cc1sccc1-c1ccc(C=O)s1. The smallest absolute Gasteiger partial charge is 0.160 e. The van der Waals surface area contributed by atoms with Crippen molar-refractivity contribution in [3.05, 3.63) is 33.3 Å². The van der Waals surface area contributed by atoms with E-state index in [1.54, 1.807) is 6.07 Å². The molecule has 0 aliphatic carbocycles. The maximum absolute atomic E-state index is 10.5. The van der Waals surface area contributed by atoms with E-state index in [-0.39, 0.29) is 0 Å². The molecule has 0 amide bonds. The molecule has 0 aromatic carbocycles. The lowest BCUT2D eigenvalue weighted by Crippen LogP contribution is -1.69. The number of hydrogen-bond donors (Lipinski definition) is 0. The normalized spacial score (nSPS) is 9.64. The largest absolute Gasteiger partial charge is 0.297 e. The Balaban J connectivity index is 2.50. The molecule has 2 heterocycles. The molecular weight excluding hydrogens is 214 g/mol. The fourth-order valence-corrected chi connectivity index (χ4v) is 2.77. The summed E-state index contributed by atoms with van der Waals surface area (Å²) in [5.41, 5.74) is 0.926. The monoisotopic (exact) mass is 219 g/mol. The van der Waals surface area contributed by atoms with Gasteiger partial charge in [0.25, 0.3) is 0 Å². The van der Waals surface area contributed by atoms with Crippen LogP contribution in [0.15, 0.2) is 23.6 Å². The van der Waals surface area contributed by atoms with E-state index in [0.717, 1.165) is 16.7 Å². The Bertz CT molecular complexity index is 504. The third-order valence-electron chi connectivity index (χ3n) is 1.78. The van der Waals surface area contributed by atoms with Gasteiger partial charge in [0.1, 0.15) is 10.9 Å². The topological polar surface area (TPSA) is 40.9 Å². The first-order valence-electron chi connectivity index (χ1n) is 3.88. The van der Waals surface area contributed by atoms with Gasteiger partial charge in [-0.05, 0) is 23.6 Å². The van der Waals surface area contributed by atoms with Crippen molar-refractivity contribution >= 4 is 29.0 Å². The van der Waals surface area contributed by atoms with Crippen LogP contribution in [0.5, 0.6) is 0 Å². The van der Waals surface area contributed by atoms with E-state index >= 15 is 0 Å². The van der Waals surface area contributed by atoms with Crippen LogP contribution in [0.4, 0.5) is 0 Å². The highest BCUT2D eigenvalue weighted by atomic mass is 32.1. The molecule has 0 spiro atoms. The molecule has 0 fully saturated rings. The van der Waals surface area contributed by atoms with Gasteiger partial charge in [-0.2, -0.15) is 5.26 Å². The van der Waals surface area contributed by atoms with Gasteiger partial charge in [0, 0.05) is 10.4 Å². The van der Waals surface area contributed by atoms with E-state index in [1.165, 1.54) is 22.7 Å². The molecule has 4 heteroatoms. The highest BCUT2D eigenvalue weighted by Gasteiger charge is 2.08. The van der Waals surface area contributed by atoms with Crippen LogP contribution in [0.1, 0.15) is 14.5 Å². The summed E-state index contributed by atoms with van der Waals surface area (Å²) in [6.07, 6.45) is 0.826. The van der Waals surface area contributed by atoms with Gasteiger partial charge in [0.05, 0.1) is 4.88 Å². The summed E-state index contributed by atoms with van der Waals surface area (Å²) < 4.78 is 0. The predicted molar refractivity (Wildman–Crippen MR) is 57.7 cm³/mol. The number of thiophene rings is 2. The molecule has 14 heavy (non-hydrogen) atoms. The zero-order valence-corrected chi connectivity index (χ0v) is 8.69. The minimum Gasteiger partial charge on any atom is -0.297 e. The zero-order valence-electron chi connectivity index (χ0n) is 7.06. The highest BCUT2D eigenvalue weighted by Crippen LogP contribution is 2.32. The molecule has 0 aliphatic heterocycles. The van der Waals surface area contributed by atoms with Gasteiger partial charge in [-0.15, -0.1) is 22.7 Å². The standard InChI is InChI=1S/C10H5NOS2/c11-5-10-8(3-4-13-10)9-2-1-7(6-12)14-9/h1-4,6H. The lowest BCUT2D eigenvalue weighted by molar-refractivity contribution is 0.112. The molecule has 0 unspecified atom stereocenters. The first-order chi connectivity index (χ1) is 6.85. The van der Waals surface area contributed by atoms with Crippen molar-refractivity contribution < 1.29 is 4.79 Å². The van der Waals surface area contributed by atoms with Gasteiger partial charge >= 0.3 is 0 Å². The molecule has 0 bridgehead atoms. The van der Waals surface area contributed by atoms with Crippen LogP contribution in [-0.2, 0) is 0 Å². The maximum atomic E-state index is 10.5. The number of hydrogen-bond acceptors (Lipinski definition) is 4. The van der Waals surface area contributed by atoms with Crippen molar-refractivity contribution in [2.45, 2.75) is 0 Å². The Labute approximate surface area is 89.1 Å². The van der Waals surface area contributed by atoms with E-state index in [4.69, 9.17) is 5.26 Å². The molecule has 0 saturated heterocycles. The minimum atomic E-state index is 0.690. The van der Waals surface area contributed by atoms with Crippen LogP contribution in [0.25, 0.3) is 10.4 Å². The van der Waals surface area contributed by atoms with E-state index in [1.807, 2.05) is 17.5 Å². The zero-order chi connectivity index (χ0) is 9.97. The van der Waals surface area contributed by atoms with Crippen LogP contribution in [-0.4, -0.2) is 6.29 Å². The molecule has 0 saturated carbocycles. The van der Waals surface area contributed by atoms with Crippen molar-refractivity contribution in [1.82, 2.24) is 0 Å². The Kier molecular flexibility index (Phi) is 2.44. The molecule has 2 aromatic heterocycles. The number of carbonyl (C=O) groups excluding carboxylic acids is 1. The second kappa shape index (κ2) is 3.74. The molecule has 68 valence electrons. The molecule has 0 radical (unpaired) electrons. The predicted octanol–water partition coefficient (Wildman–Crippen LogP) is 3.16. The molecule has 0 aliphatic rings. The number of rotatable bonds is 2. The summed E-state index contributed by atoms with van der Waals surface area (Å²) in [6, 6.07) is 7.69. The van der Waals surface area contributed by atoms with E-state index < -0.39 is 0 Å². The lowest BCUT2D eigenvalue weighted by atomic mass is 10.2. The Morgan fingerprint density at radius 1 is 1.36 bits per heavy atom. The van der Waals surface area contributed by atoms with Gasteiger partial charge in [-0.25, -0.2) is 0 Å². The van der Waals surface area contributed by atoms with Crippen molar-refractivity contribution in [3.8, 4) is 16.5 Å². The average Bonchev–Trinajstić information content (AvgIpc) is 2.85. The fraction of sp³-hybridized carbons (Fsp3) is 0. The Morgan fingerprint density at radius 2 is 2.21 bits per heavy atom. The quantitative estimate of drug-likeness (QED) is 0.728. The van der Waals surface area contributed by atoms with Crippen molar-refractivity contribution in [2.75, 3.05) is 0 Å². The van der Waals surface area contributed by atoms with Crippen molar-refractivity contribution in [2.24, 2.45) is 0 Å². The second-order valence-electron chi connectivity index (χ2n) is 2.60. The van der Waals surface area contributed by atoms with Gasteiger partial charge in [0.15, 0.2) is 6.29 Å². The third-order valence-corrected chi connectivity index (χ3v) is 3.64. The van der Waals surface area contributed by atoms with Crippen LogP contribution >= 0.6 is 22.7 Å². The van der Waals surface area contributed by atoms with Crippen LogP contribution in [0.3, 0.4) is 0 Å². The fourth-order valence-electron chi connectivity index (χ4n) is 1.15. The molecule has 2 rings (SSSR count). The molecule has 0 atom stereocenters. The molecular formula is C10H5NOS2. The Morgan fingerprint density at radius 3 is 2.86 bits per heavy atom. The van der Waals surface area contributed by atoms with Crippen molar-refractivity contribution in [1.29, 1.82) is 5.26 Å². The molecule has 2 aromatic rings. The summed E-state index contributed by atoms with van der Waals surface area (Å²) in [7, 11) is 0. The lowest BCUT2D eigenvalue weighted by Gasteiger charge is -1.90. The van der Waals surface area contributed by atoms with E-state index in [2.05, 4.69) is 6.07 Å².